The van der Waals surface area contributed by atoms with E-state index in [4.69, 9.17) is 9.47 Å². The summed E-state index contributed by atoms with van der Waals surface area (Å²) in [5.41, 5.74) is 1.84. The Morgan fingerprint density at radius 1 is 0.636 bits per heavy atom. The molecule has 0 saturated heterocycles. The van der Waals surface area contributed by atoms with Crippen LogP contribution in [-0.4, -0.2) is 36.6 Å². The zero-order chi connectivity index (χ0) is 15.7. The summed E-state index contributed by atoms with van der Waals surface area (Å²) in [6.07, 6.45) is -1.20. The highest BCUT2D eigenvalue weighted by Crippen LogP contribution is 2.48. The monoisotopic (exact) mass is 300 g/mol. The van der Waals surface area contributed by atoms with Gasteiger partial charge in [-0.3, -0.25) is 0 Å². The fourth-order valence-corrected chi connectivity index (χ4v) is 3.15. The minimum atomic E-state index is -0.600. The van der Waals surface area contributed by atoms with Crippen LogP contribution in [-0.2, 0) is 0 Å². The van der Waals surface area contributed by atoms with Crippen molar-refractivity contribution in [1.82, 2.24) is 0 Å². The van der Waals surface area contributed by atoms with Gasteiger partial charge in [0.2, 0.25) is 0 Å². The van der Waals surface area contributed by atoms with Gasteiger partial charge in [0, 0.05) is 11.8 Å². The Labute approximate surface area is 129 Å². The first kappa shape index (κ1) is 14.9. The normalized spacial score (nSPS) is 27.1. The molecule has 4 nitrogen and oxygen atoms in total. The fraction of sp³-hybridized carbons (Fsp3) is 0.333. The van der Waals surface area contributed by atoms with Gasteiger partial charge in [-0.25, -0.2) is 0 Å². The highest BCUT2D eigenvalue weighted by Gasteiger charge is 2.50. The molecule has 1 saturated carbocycles. The first-order chi connectivity index (χ1) is 10.7. The van der Waals surface area contributed by atoms with Crippen LogP contribution in [0.15, 0.2) is 48.5 Å². The molecule has 0 unspecified atom stereocenters. The summed E-state index contributed by atoms with van der Waals surface area (Å²) in [4.78, 5) is 0. The second-order valence-corrected chi connectivity index (χ2v) is 5.58. The number of aliphatic hydroxyl groups is 2. The second kappa shape index (κ2) is 5.99. The van der Waals surface area contributed by atoms with Gasteiger partial charge >= 0.3 is 0 Å². The van der Waals surface area contributed by atoms with Gasteiger partial charge in [-0.2, -0.15) is 0 Å². The van der Waals surface area contributed by atoms with Gasteiger partial charge in [0.1, 0.15) is 11.5 Å². The Morgan fingerprint density at radius 2 is 0.955 bits per heavy atom. The van der Waals surface area contributed by atoms with Crippen molar-refractivity contribution >= 4 is 0 Å². The average molecular weight is 300 g/mol. The van der Waals surface area contributed by atoms with E-state index in [1.807, 2.05) is 48.5 Å². The third-order valence-electron chi connectivity index (χ3n) is 4.47. The summed E-state index contributed by atoms with van der Waals surface area (Å²) in [5, 5.41) is 21.0. The molecule has 0 aromatic heterocycles. The van der Waals surface area contributed by atoms with Gasteiger partial charge in [-0.1, -0.05) is 24.3 Å². The van der Waals surface area contributed by atoms with Crippen LogP contribution < -0.4 is 9.47 Å². The van der Waals surface area contributed by atoms with Crippen LogP contribution in [0.2, 0.25) is 0 Å². The van der Waals surface area contributed by atoms with Crippen molar-refractivity contribution in [2.45, 2.75) is 24.0 Å². The Hall–Kier alpha value is -2.04. The largest absolute Gasteiger partial charge is 0.497 e. The molecule has 4 heteroatoms. The standard InChI is InChI=1S/C18H20O4/c1-21-13-7-3-11(4-8-13)15-17(19)16(18(15)20)12-5-9-14(22-2)10-6-12/h3-10,15-20H,1-2H3. The molecule has 2 aromatic rings. The minimum Gasteiger partial charge on any atom is -0.497 e. The van der Waals surface area contributed by atoms with E-state index in [0.29, 0.717) is 0 Å². The molecule has 3 rings (SSSR count). The fourth-order valence-electron chi connectivity index (χ4n) is 3.15. The second-order valence-electron chi connectivity index (χ2n) is 5.58. The van der Waals surface area contributed by atoms with E-state index >= 15 is 0 Å². The molecule has 0 radical (unpaired) electrons. The lowest BCUT2D eigenvalue weighted by molar-refractivity contribution is -0.0785. The van der Waals surface area contributed by atoms with Gasteiger partial charge < -0.3 is 19.7 Å². The number of ether oxygens (including phenoxy) is 2. The van der Waals surface area contributed by atoms with Crippen molar-refractivity contribution in [3.8, 4) is 11.5 Å². The van der Waals surface area contributed by atoms with E-state index in [9.17, 15) is 10.2 Å². The van der Waals surface area contributed by atoms with Crippen molar-refractivity contribution in [3.05, 3.63) is 59.7 Å². The number of methoxy groups -OCH3 is 2. The predicted molar refractivity (Wildman–Crippen MR) is 83.5 cm³/mol. The lowest BCUT2D eigenvalue weighted by Gasteiger charge is -2.47. The van der Waals surface area contributed by atoms with E-state index in [-0.39, 0.29) is 11.8 Å². The van der Waals surface area contributed by atoms with E-state index < -0.39 is 12.2 Å². The molecule has 2 aromatic carbocycles. The molecule has 1 aliphatic rings. The highest BCUT2D eigenvalue weighted by atomic mass is 16.5. The zero-order valence-electron chi connectivity index (χ0n) is 12.6. The predicted octanol–water partition coefficient (Wildman–Crippen LogP) is 2.31. The van der Waals surface area contributed by atoms with Crippen LogP contribution in [0.1, 0.15) is 23.0 Å². The lowest BCUT2D eigenvalue weighted by Crippen LogP contribution is -2.51. The van der Waals surface area contributed by atoms with Crippen molar-refractivity contribution in [1.29, 1.82) is 0 Å². The molecule has 0 atom stereocenters. The van der Waals surface area contributed by atoms with Crippen LogP contribution in [0.4, 0.5) is 0 Å². The third kappa shape index (κ3) is 2.45. The first-order valence-electron chi connectivity index (χ1n) is 7.29. The number of rotatable bonds is 4. The zero-order valence-corrected chi connectivity index (χ0v) is 12.6. The maximum Gasteiger partial charge on any atom is 0.118 e. The number of aliphatic hydroxyl groups excluding tert-OH is 2. The number of benzene rings is 2. The smallest absolute Gasteiger partial charge is 0.118 e. The van der Waals surface area contributed by atoms with E-state index in [2.05, 4.69) is 0 Å². The van der Waals surface area contributed by atoms with Crippen LogP contribution >= 0.6 is 0 Å². The number of hydrogen-bond acceptors (Lipinski definition) is 4. The van der Waals surface area contributed by atoms with Crippen molar-refractivity contribution in [3.63, 3.8) is 0 Å². The molecule has 22 heavy (non-hydrogen) atoms. The molecule has 1 fully saturated rings. The summed E-state index contributed by atoms with van der Waals surface area (Å²) >= 11 is 0. The SMILES string of the molecule is COc1ccc(C2C(O)C(c3ccc(OC)cc3)C2O)cc1. The van der Waals surface area contributed by atoms with Gasteiger partial charge in [-0.05, 0) is 35.4 Å². The molecule has 0 spiro atoms. The van der Waals surface area contributed by atoms with Gasteiger partial charge in [0.25, 0.3) is 0 Å². The van der Waals surface area contributed by atoms with Crippen LogP contribution in [0.25, 0.3) is 0 Å². The Bertz CT molecular complexity index is 555. The molecule has 1 aliphatic carbocycles. The van der Waals surface area contributed by atoms with Crippen molar-refractivity contribution in [2.24, 2.45) is 0 Å². The first-order valence-corrected chi connectivity index (χ1v) is 7.29. The molecule has 0 aliphatic heterocycles. The summed E-state index contributed by atoms with van der Waals surface area (Å²) in [7, 11) is 3.23. The maximum atomic E-state index is 10.5. The minimum absolute atomic E-state index is 0.266. The van der Waals surface area contributed by atoms with Crippen molar-refractivity contribution in [2.75, 3.05) is 14.2 Å². The van der Waals surface area contributed by atoms with Crippen LogP contribution in [0, 0.1) is 0 Å². The van der Waals surface area contributed by atoms with Crippen molar-refractivity contribution < 1.29 is 19.7 Å². The molecule has 0 heterocycles. The molecular weight excluding hydrogens is 280 g/mol. The van der Waals surface area contributed by atoms with Gasteiger partial charge in [0.15, 0.2) is 0 Å². The molecule has 0 bridgehead atoms. The van der Waals surface area contributed by atoms with E-state index in [1.54, 1.807) is 14.2 Å². The lowest BCUT2D eigenvalue weighted by atomic mass is 9.63. The average Bonchev–Trinajstić information content (AvgIpc) is 2.56. The Balaban J connectivity index is 1.77. The summed E-state index contributed by atoms with van der Waals surface area (Å²) in [6.45, 7) is 0. The molecule has 116 valence electrons. The van der Waals surface area contributed by atoms with E-state index in [0.717, 1.165) is 22.6 Å². The molecular formula is C18H20O4. The van der Waals surface area contributed by atoms with Crippen LogP contribution in [0.5, 0.6) is 11.5 Å². The van der Waals surface area contributed by atoms with E-state index in [1.165, 1.54) is 0 Å². The highest BCUT2D eigenvalue weighted by molar-refractivity contribution is 5.39. The molecule has 2 N–H and O–H groups in total. The topological polar surface area (TPSA) is 58.9 Å². The number of hydrogen-bond donors (Lipinski definition) is 2. The Morgan fingerprint density at radius 3 is 1.23 bits per heavy atom. The van der Waals surface area contributed by atoms with Crippen LogP contribution in [0.3, 0.4) is 0 Å². The molecule has 0 amide bonds. The summed E-state index contributed by atoms with van der Waals surface area (Å²) in [6, 6.07) is 14.9. The van der Waals surface area contributed by atoms with Gasteiger partial charge in [0.05, 0.1) is 26.4 Å². The summed E-state index contributed by atoms with van der Waals surface area (Å²) in [5.74, 6) is 0.994. The Kier molecular flexibility index (Phi) is 4.05. The summed E-state index contributed by atoms with van der Waals surface area (Å²) < 4.78 is 10.3. The van der Waals surface area contributed by atoms with Gasteiger partial charge in [-0.15, -0.1) is 0 Å². The quantitative estimate of drug-likeness (QED) is 0.909. The maximum absolute atomic E-state index is 10.5. The third-order valence-corrected chi connectivity index (χ3v) is 4.47.